The number of carbonyl (C=O) groups is 1. The summed E-state index contributed by atoms with van der Waals surface area (Å²) in [7, 11) is 1.57. The fourth-order valence-corrected chi connectivity index (χ4v) is 3.45. The van der Waals surface area contributed by atoms with Crippen LogP contribution < -0.4 is 15.0 Å². The largest absolute Gasteiger partial charge is 0.495 e. The van der Waals surface area contributed by atoms with E-state index in [0.29, 0.717) is 29.5 Å². The second kappa shape index (κ2) is 7.87. The Bertz CT molecular complexity index is 802. The molecule has 6 heteroatoms. The molecule has 1 N–H and O–H groups in total. The van der Waals surface area contributed by atoms with E-state index in [4.69, 9.17) is 16.3 Å². The average molecular weight is 374 g/mol. The third-order valence-electron chi connectivity index (χ3n) is 4.66. The van der Waals surface area contributed by atoms with Gasteiger partial charge in [0.25, 0.3) is 0 Å². The number of ether oxygens (including phenoxy) is 1. The molecule has 0 spiro atoms. The molecule has 1 aliphatic rings. The van der Waals surface area contributed by atoms with Crippen molar-refractivity contribution in [1.29, 1.82) is 0 Å². The zero-order valence-electron chi connectivity index (χ0n) is 15.4. The maximum atomic E-state index is 12.6. The Hall–Kier alpha value is -2.40. The molecule has 0 unspecified atom stereocenters. The molecule has 0 bridgehead atoms. The molecule has 0 saturated carbocycles. The van der Waals surface area contributed by atoms with Crippen molar-refractivity contribution in [2.24, 2.45) is 0 Å². The highest BCUT2D eigenvalue weighted by atomic mass is 35.5. The summed E-state index contributed by atoms with van der Waals surface area (Å²) in [4.78, 5) is 16.8. The SMILES string of the molecule is COc1ccc(Cl)cc1NC(=O)N1CCN(c2ccc(C)cc2C)CC1. The fourth-order valence-electron chi connectivity index (χ4n) is 3.28. The molecule has 2 aromatic rings. The van der Waals surface area contributed by atoms with Crippen molar-refractivity contribution in [2.75, 3.05) is 43.5 Å². The van der Waals surface area contributed by atoms with Gasteiger partial charge in [-0.3, -0.25) is 0 Å². The summed E-state index contributed by atoms with van der Waals surface area (Å²) in [5, 5.41) is 3.46. The molecule has 2 amide bonds. The monoisotopic (exact) mass is 373 g/mol. The second-order valence-electron chi connectivity index (χ2n) is 6.54. The van der Waals surface area contributed by atoms with Gasteiger partial charge in [0.1, 0.15) is 5.75 Å². The Balaban J connectivity index is 1.63. The lowest BCUT2D eigenvalue weighted by atomic mass is 10.1. The third kappa shape index (κ3) is 4.05. The van der Waals surface area contributed by atoms with Crippen LogP contribution in [0.2, 0.25) is 5.02 Å². The molecular weight excluding hydrogens is 350 g/mol. The highest BCUT2D eigenvalue weighted by molar-refractivity contribution is 6.31. The number of urea groups is 1. The number of nitrogens with zero attached hydrogens (tertiary/aromatic N) is 2. The van der Waals surface area contributed by atoms with E-state index in [1.807, 2.05) is 4.90 Å². The number of carbonyl (C=O) groups excluding carboxylic acids is 1. The first-order chi connectivity index (χ1) is 12.5. The highest BCUT2D eigenvalue weighted by Crippen LogP contribution is 2.28. The summed E-state index contributed by atoms with van der Waals surface area (Å²) in [6.45, 7) is 7.19. The summed E-state index contributed by atoms with van der Waals surface area (Å²) >= 11 is 6.03. The fraction of sp³-hybridized carbons (Fsp3) is 0.350. The van der Waals surface area contributed by atoms with E-state index in [0.717, 1.165) is 13.1 Å². The molecule has 2 aromatic carbocycles. The molecule has 138 valence electrons. The van der Waals surface area contributed by atoms with Crippen molar-refractivity contribution < 1.29 is 9.53 Å². The summed E-state index contributed by atoms with van der Waals surface area (Å²) in [6.07, 6.45) is 0. The number of amides is 2. The number of rotatable bonds is 3. The van der Waals surface area contributed by atoms with Crippen LogP contribution in [-0.2, 0) is 0 Å². The highest BCUT2D eigenvalue weighted by Gasteiger charge is 2.23. The smallest absolute Gasteiger partial charge is 0.322 e. The van der Waals surface area contributed by atoms with E-state index in [1.165, 1.54) is 16.8 Å². The van der Waals surface area contributed by atoms with Gasteiger partial charge in [-0.2, -0.15) is 0 Å². The lowest BCUT2D eigenvalue weighted by molar-refractivity contribution is 0.208. The number of hydrogen-bond acceptors (Lipinski definition) is 3. The van der Waals surface area contributed by atoms with E-state index < -0.39 is 0 Å². The van der Waals surface area contributed by atoms with E-state index in [2.05, 4.69) is 42.3 Å². The molecule has 3 rings (SSSR count). The summed E-state index contributed by atoms with van der Waals surface area (Å²) in [5.41, 5.74) is 4.36. The number of nitrogens with one attached hydrogen (secondary N) is 1. The van der Waals surface area contributed by atoms with Crippen LogP contribution >= 0.6 is 11.6 Å². The Morgan fingerprint density at radius 3 is 2.46 bits per heavy atom. The number of anilines is 2. The van der Waals surface area contributed by atoms with Gasteiger partial charge in [0.15, 0.2) is 0 Å². The molecule has 5 nitrogen and oxygen atoms in total. The van der Waals surface area contributed by atoms with Crippen molar-refractivity contribution >= 4 is 29.0 Å². The van der Waals surface area contributed by atoms with Crippen LogP contribution in [0.1, 0.15) is 11.1 Å². The molecule has 1 aliphatic heterocycles. The van der Waals surface area contributed by atoms with Gasteiger partial charge >= 0.3 is 6.03 Å². The third-order valence-corrected chi connectivity index (χ3v) is 4.90. The van der Waals surface area contributed by atoms with Gasteiger partial charge in [-0.25, -0.2) is 4.79 Å². The zero-order chi connectivity index (χ0) is 18.7. The minimum absolute atomic E-state index is 0.133. The standard InChI is InChI=1S/C20H24ClN3O2/c1-14-4-6-18(15(2)12-14)23-8-10-24(11-9-23)20(25)22-17-13-16(21)5-7-19(17)26-3/h4-7,12-13H,8-11H2,1-3H3,(H,22,25). The van der Waals surface area contributed by atoms with E-state index in [9.17, 15) is 4.79 Å². The number of hydrogen-bond donors (Lipinski definition) is 1. The topological polar surface area (TPSA) is 44.8 Å². The Labute approximate surface area is 159 Å². The van der Waals surface area contributed by atoms with Crippen molar-refractivity contribution in [3.8, 4) is 5.75 Å². The first-order valence-corrected chi connectivity index (χ1v) is 9.07. The van der Waals surface area contributed by atoms with Crippen LogP contribution in [-0.4, -0.2) is 44.2 Å². The minimum Gasteiger partial charge on any atom is -0.495 e. The maximum Gasteiger partial charge on any atom is 0.322 e. The lowest BCUT2D eigenvalue weighted by Crippen LogP contribution is -2.50. The predicted octanol–water partition coefficient (Wildman–Crippen LogP) is 4.32. The van der Waals surface area contributed by atoms with Crippen LogP contribution in [0, 0.1) is 13.8 Å². The predicted molar refractivity (Wildman–Crippen MR) is 107 cm³/mol. The first kappa shape index (κ1) is 18.4. The Morgan fingerprint density at radius 2 is 1.81 bits per heavy atom. The number of piperazine rings is 1. The van der Waals surface area contributed by atoms with Crippen LogP contribution in [0.3, 0.4) is 0 Å². The van der Waals surface area contributed by atoms with E-state index >= 15 is 0 Å². The normalized spacial score (nSPS) is 14.3. The van der Waals surface area contributed by atoms with Crippen molar-refractivity contribution in [1.82, 2.24) is 4.90 Å². The first-order valence-electron chi connectivity index (χ1n) is 8.69. The second-order valence-corrected chi connectivity index (χ2v) is 6.98. The van der Waals surface area contributed by atoms with Crippen LogP contribution in [0.5, 0.6) is 5.75 Å². The number of aryl methyl sites for hydroxylation is 2. The number of halogens is 1. The Morgan fingerprint density at radius 1 is 1.08 bits per heavy atom. The van der Waals surface area contributed by atoms with Gasteiger partial charge < -0.3 is 19.9 Å². The molecule has 1 heterocycles. The molecule has 26 heavy (non-hydrogen) atoms. The molecule has 1 saturated heterocycles. The lowest BCUT2D eigenvalue weighted by Gasteiger charge is -2.36. The van der Waals surface area contributed by atoms with E-state index in [1.54, 1.807) is 25.3 Å². The molecule has 1 fully saturated rings. The Kier molecular flexibility index (Phi) is 5.57. The van der Waals surface area contributed by atoms with Crippen molar-refractivity contribution in [3.05, 3.63) is 52.5 Å². The van der Waals surface area contributed by atoms with Gasteiger partial charge in [0.05, 0.1) is 12.8 Å². The maximum absolute atomic E-state index is 12.6. The van der Waals surface area contributed by atoms with Gasteiger partial charge in [-0.1, -0.05) is 29.3 Å². The summed E-state index contributed by atoms with van der Waals surface area (Å²) in [5.74, 6) is 0.594. The van der Waals surface area contributed by atoms with Gasteiger partial charge in [0.2, 0.25) is 0 Å². The van der Waals surface area contributed by atoms with Crippen molar-refractivity contribution in [2.45, 2.75) is 13.8 Å². The van der Waals surface area contributed by atoms with Gasteiger partial charge in [0, 0.05) is 36.9 Å². The van der Waals surface area contributed by atoms with Gasteiger partial charge in [-0.05, 0) is 43.7 Å². The summed E-state index contributed by atoms with van der Waals surface area (Å²) < 4.78 is 5.29. The summed E-state index contributed by atoms with van der Waals surface area (Å²) in [6, 6.07) is 11.5. The molecular formula is C20H24ClN3O2. The van der Waals surface area contributed by atoms with Crippen LogP contribution in [0.25, 0.3) is 0 Å². The minimum atomic E-state index is -0.133. The molecule has 0 aliphatic carbocycles. The zero-order valence-corrected chi connectivity index (χ0v) is 16.1. The van der Waals surface area contributed by atoms with E-state index in [-0.39, 0.29) is 6.03 Å². The van der Waals surface area contributed by atoms with Gasteiger partial charge in [-0.15, -0.1) is 0 Å². The van der Waals surface area contributed by atoms with Crippen LogP contribution in [0.15, 0.2) is 36.4 Å². The van der Waals surface area contributed by atoms with Crippen LogP contribution in [0.4, 0.5) is 16.2 Å². The molecule has 0 aromatic heterocycles. The quantitative estimate of drug-likeness (QED) is 0.871. The number of benzene rings is 2. The molecule has 0 radical (unpaired) electrons. The van der Waals surface area contributed by atoms with Crippen molar-refractivity contribution in [3.63, 3.8) is 0 Å². The molecule has 0 atom stereocenters. The number of methoxy groups -OCH3 is 1. The average Bonchev–Trinajstić information content (AvgIpc) is 2.62.